The molecule has 4 N–H and O–H groups in total. The minimum atomic E-state index is -0.117. The molecule has 1 heterocycles. The first kappa shape index (κ1) is 10.0. The average molecular weight is 203 g/mol. The molecule has 1 aromatic heterocycles. The number of hydrogen-bond donors (Lipinski definition) is 3. The molecule has 0 fully saturated rings. The van der Waals surface area contributed by atoms with Gasteiger partial charge in [-0.1, -0.05) is 0 Å². The molecular weight excluding hydrogens is 192 g/mol. The van der Waals surface area contributed by atoms with Crippen LogP contribution in [0.25, 0.3) is 0 Å². The molecule has 0 amide bonds. The molecule has 5 nitrogen and oxygen atoms in total. The lowest BCUT2D eigenvalue weighted by atomic mass is 10.3. The second kappa shape index (κ2) is 4.25. The van der Waals surface area contributed by atoms with Gasteiger partial charge in [-0.15, -0.1) is 0 Å². The third-order valence-electron chi connectivity index (χ3n) is 1.44. The number of aliphatic hydroxyl groups excluding tert-OH is 1. The van der Waals surface area contributed by atoms with E-state index in [1.54, 1.807) is 6.92 Å². The molecule has 0 saturated heterocycles. The molecule has 0 aliphatic carbocycles. The van der Waals surface area contributed by atoms with E-state index in [0.717, 1.165) is 0 Å². The van der Waals surface area contributed by atoms with E-state index in [2.05, 4.69) is 15.3 Å². The first-order valence-corrected chi connectivity index (χ1v) is 4.16. The van der Waals surface area contributed by atoms with Gasteiger partial charge < -0.3 is 16.2 Å². The highest BCUT2D eigenvalue weighted by Gasteiger charge is 2.05. The minimum Gasteiger partial charge on any atom is -0.394 e. The van der Waals surface area contributed by atoms with E-state index in [0.29, 0.717) is 11.5 Å². The van der Waals surface area contributed by atoms with Crippen LogP contribution in [0.2, 0.25) is 5.28 Å². The van der Waals surface area contributed by atoms with E-state index in [9.17, 15) is 0 Å². The van der Waals surface area contributed by atoms with Gasteiger partial charge in [0.1, 0.15) is 0 Å². The Balaban J connectivity index is 2.81. The molecule has 1 rings (SSSR count). The zero-order valence-corrected chi connectivity index (χ0v) is 7.91. The summed E-state index contributed by atoms with van der Waals surface area (Å²) >= 11 is 5.56. The molecule has 0 aliphatic rings. The van der Waals surface area contributed by atoms with Crippen molar-refractivity contribution in [2.75, 3.05) is 17.7 Å². The molecule has 0 aliphatic heterocycles. The summed E-state index contributed by atoms with van der Waals surface area (Å²) < 4.78 is 0. The SMILES string of the molecule is CC(CO)Nc1nc(Cl)ncc1N. The Hall–Kier alpha value is -1.07. The van der Waals surface area contributed by atoms with Gasteiger partial charge in [0.25, 0.3) is 0 Å². The largest absolute Gasteiger partial charge is 0.394 e. The fourth-order valence-corrected chi connectivity index (χ4v) is 0.898. The van der Waals surface area contributed by atoms with Gasteiger partial charge in [0.2, 0.25) is 5.28 Å². The second-order valence-corrected chi connectivity index (χ2v) is 3.01. The van der Waals surface area contributed by atoms with Crippen LogP contribution in [0.15, 0.2) is 6.20 Å². The maximum atomic E-state index is 8.78. The predicted molar refractivity (Wildman–Crippen MR) is 51.6 cm³/mol. The van der Waals surface area contributed by atoms with Gasteiger partial charge >= 0.3 is 0 Å². The van der Waals surface area contributed by atoms with Crippen LogP contribution >= 0.6 is 11.6 Å². The summed E-state index contributed by atoms with van der Waals surface area (Å²) in [5.74, 6) is 0.446. The monoisotopic (exact) mass is 202 g/mol. The van der Waals surface area contributed by atoms with Crippen LogP contribution in [0.4, 0.5) is 11.5 Å². The standard InChI is InChI=1S/C7H11ClN4O/c1-4(3-13)11-6-5(9)2-10-7(8)12-6/h2,4,13H,3,9H2,1H3,(H,10,11,12). The van der Waals surface area contributed by atoms with E-state index in [1.165, 1.54) is 6.20 Å². The Kier molecular flexibility index (Phi) is 3.27. The van der Waals surface area contributed by atoms with Crippen molar-refractivity contribution in [1.82, 2.24) is 9.97 Å². The number of nitrogens with one attached hydrogen (secondary N) is 1. The minimum absolute atomic E-state index is 0.00105. The highest BCUT2D eigenvalue weighted by Crippen LogP contribution is 2.16. The van der Waals surface area contributed by atoms with E-state index >= 15 is 0 Å². The number of halogens is 1. The summed E-state index contributed by atoms with van der Waals surface area (Å²) in [6.45, 7) is 1.80. The quantitative estimate of drug-likeness (QED) is 0.622. The van der Waals surface area contributed by atoms with Gasteiger partial charge in [0, 0.05) is 6.04 Å². The second-order valence-electron chi connectivity index (χ2n) is 2.67. The fraction of sp³-hybridized carbons (Fsp3) is 0.429. The summed E-state index contributed by atoms with van der Waals surface area (Å²) in [5, 5.41) is 11.8. The highest BCUT2D eigenvalue weighted by molar-refractivity contribution is 6.28. The number of aromatic nitrogens is 2. The topological polar surface area (TPSA) is 84.1 Å². The van der Waals surface area contributed by atoms with E-state index < -0.39 is 0 Å². The molecule has 1 atom stereocenters. The van der Waals surface area contributed by atoms with Crippen molar-refractivity contribution >= 4 is 23.1 Å². The Morgan fingerprint density at radius 1 is 1.77 bits per heavy atom. The van der Waals surface area contributed by atoms with Crippen LogP contribution in [0.1, 0.15) is 6.92 Å². The summed E-state index contributed by atoms with van der Waals surface area (Å²) in [4.78, 5) is 7.57. The summed E-state index contributed by atoms with van der Waals surface area (Å²) in [6, 6.07) is -0.117. The number of hydrogen-bond acceptors (Lipinski definition) is 5. The molecule has 1 aromatic rings. The van der Waals surface area contributed by atoms with Gasteiger partial charge in [-0.25, -0.2) is 4.98 Å². The van der Waals surface area contributed by atoms with Crippen molar-refractivity contribution < 1.29 is 5.11 Å². The summed E-state index contributed by atoms with van der Waals surface area (Å²) in [6.07, 6.45) is 1.42. The first-order valence-electron chi connectivity index (χ1n) is 3.79. The highest BCUT2D eigenvalue weighted by atomic mass is 35.5. The summed E-state index contributed by atoms with van der Waals surface area (Å²) in [5.41, 5.74) is 5.97. The Morgan fingerprint density at radius 3 is 3.08 bits per heavy atom. The molecule has 13 heavy (non-hydrogen) atoms. The maximum Gasteiger partial charge on any atom is 0.224 e. The molecule has 0 spiro atoms. The number of aliphatic hydroxyl groups is 1. The van der Waals surface area contributed by atoms with E-state index in [4.69, 9.17) is 22.4 Å². The Morgan fingerprint density at radius 2 is 2.46 bits per heavy atom. The lowest BCUT2D eigenvalue weighted by Gasteiger charge is -2.12. The molecule has 0 saturated carbocycles. The smallest absolute Gasteiger partial charge is 0.224 e. The summed E-state index contributed by atoms with van der Waals surface area (Å²) in [7, 11) is 0. The van der Waals surface area contributed by atoms with Crippen molar-refractivity contribution in [1.29, 1.82) is 0 Å². The van der Waals surface area contributed by atoms with Crippen molar-refractivity contribution in [3.63, 3.8) is 0 Å². The lowest BCUT2D eigenvalue weighted by molar-refractivity contribution is 0.281. The first-order chi connectivity index (χ1) is 6.13. The maximum absolute atomic E-state index is 8.78. The molecule has 6 heteroatoms. The third kappa shape index (κ3) is 2.71. The lowest BCUT2D eigenvalue weighted by Crippen LogP contribution is -2.21. The van der Waals surface area contributed by atoms with Crippen LogP contribution < -0.4 is 11.1 Å². The number of nitrogens with zero attached hydrogens (tertiary/aromatic N) is 2. The average Bonchev–Trinajstić information content (AvgIpc) is 2.11. The van der Waals surface area contributed by atoms with Crippen molar-refractivity contribution in [3.05, 3.63) is 11.5 Å². The van der Waals surface area contributed by atoms with Crippen LogP contribution in [-0.4, -0.2) is 27.7 Å². The molecule has 0 bridgehead atoms. The van der Waals surface area contributed by atoms with Crippen LogP contribution in [0.3, 0.4) is 0 Å². The van der Waals surface area contributed by atoms with Gasteiger partial charge in [-0.2, -0.15) is 4.98 Å². The van der Waals surface area contributed by atoms with Gasteiger partial charge in [0.15, 0.2) is 5.82 Å². The number of rotatable bonds is 3. The fourth-order valence-electron chi connectivity index (χ4n) is 0.764. The van der Waals surface area contributed by atoms with Gasteiger partial charge in [-0.05, 0) is 18.5 Å². The zero-order chi connectivity index (χ0) is 9.84. The number of nitrogen functional groups attached to an aromatic ring is 1. The third-order valence-corrected chi connectivity index (χ3v) is 1.63. The molecule has 0 aromatic carbocycles. The van der Waals surface area contributed by atoms with Crippen LogP contribution in [-0.2, 0) is 0 Å². The normalized spacial score (nSPS) is 12.5. The Bertz CT molecular complexity index is 294. The molecule has 1 unspecified atom stereocenters. The van der Waals surface area contributed by atoms with Crippen LogP contribution in [0.5, 0.6) is 0 Å². The number of anilines is 2. The predicted octanol–water partition coefficient (Wildman–Crippen LogP) is 0.505. The van der Waals surface area contributed by atoms with Crippen molar-refractivity contribution in [2.45, 2.75) is 13.0 Å². The van der Waals surface area contributed by atoms with E-state index in [1.807, 2.05) is 0 Å². The zero-order valence-electron chi connectivity index (χ0n) is 7.16. The van der Waals surface area contributed by atoms with Crippen LogP contribution in [0, 0.1) is 0 Å². The van der Waals surface area contributed by atoms with E-state index in [-0.39, 0.29) is 17.9 Å². The van der Waals surface area contributed by atoms with Gasteiger partial charge in [-0.3, -0.25) is 0 Å². The molecule has 72 valence electrons. The van der Waals surface area contributed by atoms with Crippen molar-refractivity contribution in [2.24, 2.45) is 0 Å². The molecule has 0 radical (unpaired) electrons. The Labute approximate surface area is 81.0 Å². The number of nitrogens with two attached hydrogens (primary N) is 1. The molecular formula is C7H11ClN4O. The van der Waals surface area contributed by atoms with Gasteiger partial charge in [0.05, 0.1) is 18.5 Å². The van der Waals surface area contributed by atoms with Crippen molar-refractivity contribution in [3.8, 4) is 0 Å².